The molecule has 0 aromatic heterocycles. The van der Waals surface area contributed by atoms with Crippen molar-refractivity contribution in [3.8, 4) is 0 Å². The molecule has 0 spiro atoms. The van der Waals surface area contributed by atoms with E-state index in [1.165, 1.54) is 14.2 Å². The van der Waals surface area contributed by atoms with Gasteiger partial charge in [0, 0.05) is 30.5 Å². The summed E-state index contributed by atoms with van der Waals surface area (Å²) >= 11 is 0. The van der Waals surface area contributed by atoms with Gasteiger partial charge in [-0.1, -0.05) is 30.3 Å². The summed E-state index contributed by atoms with van der Waals surface area (Å²) in [7, 11) is 2.46. The molecule has 2 N–H and O–H groups in total. The highest BCUT2D eigenvalue weighted by Gasteiger charge is 2.23. The van der Waals surface area contributed by atoms with Gasteiger partial charge < -0.3 is 29.7 Å². The topological polar surface area (TPSA) is 106 Å². The van der Waals surface area contributed by atoms with Crippen molar-refractivity contribution in [3.63, 3.8) is 0 Å². The maximum atomic E-state index is 12.3. The molecule has 1 fully saturated rings. The van der Waals surface area contributed by atoms with Crippen LogP contribution < -0.4 is 10.6 Å². The van der Waals surface area contributed by atoms with Gasteiger partial charge in [-0.25, -0.2) is 14.4 Å². The van der Waals surface area contributed by atoms with Gasteiger partial charge in [0.1, 0.15) is 12.3 Å². The van der Waals surface area contributed by atoms with Crippen LogP contribution in [0.1, 0.15) is 18.4 Å². The van der Waals surface area contributed by atoms with E-state index in [9.17, 15) is 14.4 Å². The molecule has 0 unspecified atom stereocenters. The van der Waals surface area contributed by atoms with Crippen LogP contribution in [0.5, 0.6) is 0 Å². The Labute approximate surface area is 198 Å². The number of amides is 1. The number of likely N-dealkylation sites (tertiary alicyclic amines) is 1. The van der Waals surface area contributed by atoms with Gasteiger partial charge in [-0.3, -0.25) is 0 Å². The Balaban J connectivity index is 1.47. The second-order valence-corrected chi connectivity index (χ2v) is 7.72. The summed E-state index contributed by atoms with van der Waals surface area (Å²) in [6, 6.07) is 17.1. The van der Waals surface area contributed by atoms with Crippen LogP contribution >= 0.6 is 0 Å². The number of carbonyl (C=O) groups excluding carboxylic acids is 3. The third-order valence-corrected chi connectivity index (χ3v) is 5.36. The first kappa shape index (κ1) is 24.6. The van der Waals surface area contributed by atoms with Crippen LogP contribution in [0.4, 0.5) is 16.2 Å². The van der Waals surface area contributed by atoms with Gasteiger partial charge in [-0.2, -0.15) is 0 Å². The maximum Gasteiger partial charge on any atom is 0.410 e. The van der Waals surface area contributed by atoms with Gasteiger partial charge >= 0.3 is 18.0 Å². The number of hydrogen-bond donors (Lipinski definition) is 2. The molecule has 1 amide bonds. The highest BCUT2D eigenvalue weighted by molar-refractivity contribution is 5.98. The minimum atomic E-state index is -0.679. The molecule has 0 atom stereocenters. The number of nitrogens with zero attached hydrogens (tertiary/aromatic N) is 1. The van der Waals surface area contributed by atoms with E-state index in [4.69, 9.17) is 9.47 Å². The van der Waals surface area contributed by atoms with Crippen LogP contribution in [0.15, 0.2) is 66.4 Å². The van der Waals surface area contributed by atoms with Crippen LogP contribution in [-0.4, -0.2) is 56.3 Å². The van der Waals surface area contributed by atoms with Crippen molar-refractivity contribution >= 4 is 29.4 Å². The van der Waals surface area contributed by atoms with Crippen molar-refractivity contribution in [1.82, 2.24) is 4.90 Å². The molecule has 0 saturated carbocycles. The fraction of sp³-hybridized carbons (Fsp3) is 0.320. The normalized spacial score (nSPS) is 14.2. The van der Waals surface area contributed by atoms with Crippen molar-refractivity contribution in [1.29, 1.82) is 0 Å². The van der Waals surface area contributed by atoms with E-state index in [1.54, 1.807) is 17.0 Å². The molecule has 3 rings (SSSR count). The smallest absolute Gasteiger partial charge is 0.410 e. The number of hydrogen-bond acceptors (Lipinski definition) is 8. The van der Waals surface area contributed by atoms with Crippen molar-refractivity contribution in [2.24, 2.45) is 0 Å². The molecule has 180 valence electrons. The molecule has 0 bridgehead atoms. The van der Waals surface area contributed by atoms with E-state index in [-0.39, 0.29) is 24.4 Å². The first-order valence-electron chi connectivity index (χ1n) is 11.0. The van der Waals surface area contributed by atoms with Gasteiger partial charge in [0.25, 0.3) is 0 Å². The Morgan fingerprint density at radius 3 is 2.21 bits per heavy atom. The lowest BCUT2D eigenvalue weighted by Crippen LogP contribution is -2.42. The molecule has 1 heterocycles. The van der Waals surface area contributed by atoms with Crippen molar-refractivity contribution in [2.75, 3.05) is 37.9 Å². The molecule has 1 aliphatic rings. The number of methoxy groups -OCH3 is 2. The molecule has 2 aromatic carbocycles. The molecular weight excluding hydrogens is 438 g/mol. The van der Waals surface area contributed by atoms with Crippen LogP contribution in [0.2, 0.25) is 0 Å². The third kappa shape index (κ3) is 7.26. The van der Waals surface area contributed by atoms with Gasteiger partial charge in [0.15, 0.2) is 0 Å². The van der Waals surface area contributed by atoms with E-state index in [0.29, 0.717) is 18.8 Å². The minimum absolute atomic E-state index is 0.0263. The Morgan fingerprint density at radius 2 is 1.59 bits per heavy atom. The summed E-state index contributed by atoms with van der Waals surface area (Å²) in [5.41, 5.74) is 2.46. The number of piperidine rings is 1. The lowest BCUT2D eigenvalue weighted by Gasteiger charge is -2.32. The fourth-order valence-electron chi connectivity index (χ4n) is 3.49. The highest BCUT2D eigenvalue weighted by atomic mass is 16.6. The number of esters is 2. The number of anilines is 2. The average Bonchev–Trinajstić information content (AvgIpc) is 2.88. The Bertz CT molecular complexity index is 999. The Kier molecular flexibility index (Phi) is 8.90. The van der Waals surface area contributed by atoms with Crippen molar-refractivity contribution in [2.45, 2.75) is 25.5 Å². The predicted molar refractivity (Wildman–Crippen MR) is 127 cm³/mol. The highest BCUT2D eigenvalue weighted by Crippen LogP contribution is 2.20. The molecule has 0 radical (unpaired) electrons. The molecule has 1 saturated heterocycles. The second kappa shape index (κ2) is 12.3. The molecular formula is C25H29N3O6. The van der Waals surface area contributed by atoms with Crippen LogP contribution in [0, 0.1) is 0 Å². The molecule has 9 nitrogen and oxygen atoms in total. The lowest BCUT2D eigenvalue weighted by molar-refractivity contribution is -0.138. The number of rotatable bonds is 8. The summed E-state index contributed by atoms with van der Waals surface area (Å²) < 4.78 is 14.7. The van der Waals surface area contributed by atoms with Crippen LogP contribution in [0.25, 0.3) is 0 Å². The van der Waals surface area contributed by atoms with E-state index >= 15 is 0 Å². The van der Waals surface area contributed by atoms with Crippen molar-refractivity contribution in [3.05, 3.63) is 71.9 Å². The lowest BCUT2D eigenvalue weighted by atomic mass is 10.0. The molecule has 34 heavy (non-hydrogen) atoms. The molecule has 1 aliphatic heterocycles. The van der Waals surface area contributed by atoms with Crippen LogP contribution in [0.3, 0.4) is 0 Å². The van der Waals surface area contributed by atoms with E-state index in [0.717, 1.165) is 30.2 Å². The summed E-state index contributed by atoms with van der Waals surface area (Å²) in [5, 5.41) is 6.33. The van der Waals surface area contributed by atoms with Gasteiger partial charge in [0.2, 0.25) is 0 Å². The summed E-state index contributed by atoms with van der Waals surface area (Å²) in [6.45, 7) is 1.50. The number of nitrogens with one attached hydrogen (secondary N) is 2. The largest absolute Gasteiger partial charge is 0.466 e. The average molecular weight is 468 g/mol. The molecule has 0 aliphatic carbocycles. The number of carbonyl (C=O) groups is 3. The summed E-state index contributed by atoms with van der Waals surface area (Å²) in [4.78, 5) is 37.4. The third-order valence-electron chi connectivity index (χ3n) is 5.36. The predicted octanol–water partition coefficient (Wildman–Crippen LogP) is 3.54. The Hall–Kier alpha value is -4.01. The maximum absolute atomic E-state index is 12.3. The Morgan fingerprint density at radius 1 is 0.941 bits per heavy atom. The van der Waals surface area contributed by atoms with E-state index < -0.39 is 11.9 Å². The molecule has 9 heteroatoms. The SMILES string of the molecule is COC(=O)/C=C(/Nc1ccc(NC2CCN(C(=O)OCc3ccccc3)CC2)cc1)C(=O)OC. The monoisotopic (exact) mass is 467 g/mol. The van der Waals surface area contributed by atoms with Gasteiger partial charge in [-0.15, -0.1) is 0 Å². The first-order valence-corrected chi connectivity index (χ1v) is 11.0. The minimum Gasteiger partial charge on any atom is -0.466 e. The van der Waals surface area contributed by atoms with Crippen LogP contribution in [-0.2, 0) is 30.4 Å². The standard InChI is InChI=1S/C25H29N3O6/c1-32-23(29)16-22(24(30)33-2)27-20-10-8-19(9-11-20)26-21-12-14-28(15-13-21)25(31)34-17-18-6-4-3-5-7-18/h3-11,16,21,26-27H,12-15,17H2,1-2H3/b22-16+. The number of benzene rings is 2. The van der Waals surface area contributed by atoms with E-state index in [1.807, 2.05) is 42.5 Å². The zero-order valence-corrected chi connectivity index (χ0v) is 19.3. The zero-order valence-electron chi connectivity index (χ0n) is 19.3. The zero-order chi connectivity index (χ0) is 24.3. The van der Waals surface area contributed by atoms with Crippen molar-refractivity contribution < 1.29 is 28.6 Å². The fourth-order valence-corrected chi connectivity index (χ4v) is 3.49. The van der Waals surface area contributed by atoms with Gasteiger partial charge in [-0.05, 0) is 42.7 Å². The van der Waals surface area contributed by atoms with Gasteiger partial charge in [0.05, 0.1) is 20.3 Å². The summed E-state index contributed by atoms with van der Waals surface area (Å²) in [6.07, 6.45) is 2.35. The second-order valence-electron chi connectivity index (χ2n) is 7.72. The summed E-state index contributed by atoms with van der Waals surface area (Å²) in [5.74, 6) is -1.34. The number of ether oxygens (including phenoxy) is 3. The first-order chi connectivity index (χ1) is 16.5. The van der Waals surface area contributed by atoms with E-state index in [2.05, 4.69) is 15.4 Å². The quantitative estimate of drug-likeness (QED) is 0.345. The molecule has 2 aromatic rings.